The monoisotopic (exact) mass is 240 g/mol. The molecule has 0 aliphatic rings. The number of hydrogen-bond donors (Lipinski definition) is 1. The lowest BCUT2D eigenvalue weighted by atomic mass is 10.3. The van der Waals surface area contributed by atoms with E-state index in [1.54, 1.807) is 16.8 Å². The molecule has 18 heavy (non-hydrogen) atoms. The van der Waals surface area contributed by atoms with Crippen LogP contribution in [0.2, 0.25) is 0 Å². The van der Waals surface area contributed by atoms with Crippen molar-refractivity contribution in [1.82, 2.24) is 15.0 Å². The molecule has 0 amide bonds. The Morgan fingerprint density at radius 1 is 1.06 bits per heavy atom. The lowest BCUT2D eigenvalue weighted by Gasteiger charge is -2.05. The van der Waals surface area contributed by atoms with Crippen molar-refractivity contribution < 1.29 is 4.74 Å². The maximum absolute atomic E-state index is 5.72. The van der Waals surface area contributed by atoms with Gasteiger partial charge in [0.15, 0.2) is 0 Å². The molecule has 0 spiro atoms. The SMILES string of the molecule is Cn1nnc2cc(Oc3ccc(N)cc3)ccc21. The smallest absolute Gasteiger partial charge is 0.129 e. The molecule has 1 heterocycles. The van der Waals surface area contributed by atoms with Gasteiger partial charge in [0.05, 0.1) is 5.52 Å². The number of rotatable bonds is 2. The van der Waals surface area contributed by atoms with Crippen molar-refractivity contribution in [3.63, 3.8) is 0 Å². The maximum Gasteiger partial charge on any atom is 0.129 e. The Hall–Kier alpha value is -2.56. The first kappa shape index (κ1) is 10.6. The molecule has 0 aliphatic heterocycles. The van der Waals surface area contributed by atoms with Gasteiger partial charge in [0.1, 0.15) is 17.0 Å². The number of hydrogen-bond acceptors (Lipinski definition) is 4. The van der Waals surface area contributed by atoms with Crippen molar-refractivity contribution in [1.29, 1.82) is 0 Å². The van der Waals surface area contributed by atoms with Gasteiger partial charge in [-0.05, 0) is 36.4 Å². The molecule has 3 rings (SSSR count). The molecule has 2 aromatic carbocycles. The standard InChI is InChI=1S/C13H12N4O/c1-17-13-7-6-11(8-12(13)15-16-17)18-10-4-2-9(14)3-5-10/h2-8H,14H2,1H3. The third kappa shape index (κ3) is 1.86. The second kappa shape index (κ2) is 4.03. The summed E-state index contributed by atoms with van der Waals surface area (Å²) in [5, 5.41) is 8.00. The van der Waals surface area contributed by atoms with Crippen LogP contribution in [0.5, 0.6) is 11.5 Å². The largest absolute Gasteiger partial charge is 0.457 e. The highest BCUT2D eigenvalue weighted by atomic mass is 16.5. The number of nitrogens with zero attached hydrogens (tertiary/aromatic N) is 3. The van der Waals surface area contributed by atoms with Gasteiger partial charge in [0.25, 0.3) is 0 Å². The van der Waals surface area contributed by atoms with E-state index >= 15 is 0 Å². The molecule has 0 unspecified atom stereocenters. The molecular formula is C13H12N4O. The van der Waals surface area contributed by atoms with E-state index in [9.17, 15) is 0 Å². The molecule has 1 aromatic heterocycles. The van der Waals surface area contributed by atoms with Crippen molar-refractivity contribution >= 4 is 16.7 Å². The molecular weight excluding hydrogens is 228 g/mol. The fourth-order valence-electron chi connectivity index (χ4n) is 1.76. The van der Waals surface area contributed by atoms with Crippen LogP contribution in [-0.2, 0) is 7.05 Å². The van der Waals surface area contributed by atoms with Crippen molar-refractivity contribution in [2.75, 3.05) is 5.73 Å². The Morgan fingerprint density at radius 2 is 1.78 bits per heavy atom. The van der Waals surface area contributed by atoms with Crippen LogP contribution in [0.15, 0.2) is 42.5 Å². The van der Waals surface area contributed by atoms with Gasteiger partial charge in [-0.15, -0.1) is 5.10 Å². The predicted octanol–water partition coefficient (Wildman–Crippen LogP) is 2.34. The molecule has 5 heteroatoms. The molecule has 0 radical (unpaired) electrons. The van der Waals surface area contributed by atoms with Crippen molar-refractivity contribution in [2.24, 2.45) is 7.05 Å². The number of aryl methyl sites for hydroxylation is 1. The molecule has 3 aromatic rings. The van der Waals surface area contributed by atoms with Gasteiger partial charge in [-0.1, -0.05) is 5.21 Å². The lowest BCUT2D eigenvalue weighted by Crippen LogP contribution is -1.89. The summed E-state index contributed by atoms with van der Waals surface area (Å²) in [5.41, 5.74) is 8.12. The van der Waals surface area contributed by atoms with E-state index in [4.69, 9.17) is 10.5 Å². The van der Waals surface area contributed by atoms with Crippen molar-refractivity contribution in [3.8, 4) is 11.5 Å². The molecule has 90 valence electrons. The van der Waals surface area contributed by atoms with E-state index in [-0.39, 0.29) is 0 Å². The van der Waals surface area contributed by atoms with Crippen LogP contribution in [0.25, 0.3) is 11.0 Å². The van der Waals surface area contributed by atoms with Gasteiger partial charge in [-0.3, -0.25) is 0 Å². The number of aromatic nitrogens is 3. The Kier molecular flexibility index (Phi) is 2.37. The summed E-state index contributed by atoms with van der Waals surface area (Å²) < 4.78 is 7.44. The summed E-state index contributed by atoms with van der Waals surface area (Å²) in [7, 11) is 1.86. The zero-order chi connectivity index (χ0) is 12.5. The minimum absolute atomic E-state index is 0.715. The van der Waals surface area contributed by atoms with Crippen LogP contribution in [-0.4, -0.2) is 15.0 Å². The normalized spacial score (nSPS) is 10.7. The van der Waals surface area contributed by atoms with E-state index < -0.39 is 0 Å². The maximum atomic E-state index is 5.72. The molecule has 0 saturated carbocycles. The molecule has 0 saturated heterocycles. The zero-order valence-electron chi connectivity index (χ0n) is 9.87. The Morgan fingerprint density at radius 3 is 2.56 bits per heavy atom. The van der Waals surface area contributed by atoms with E-state index in [2.05, 4.69) is 10.3 Å². The number of ether oxygens (including phenoxy) is 1. The Bertz CT molecular complexity index is 688. The minimum Gasteiger partial charge on any atom is -0.457 e. The average Bonchev–Trinajstić information content (AvgIpc) is 2.74. The Balaban J connectivity index is 1.92. The topological polar surface area (TPSA) is 66.0 Å². The van der Waals surface area contributed by atoms with E-state index in [0.29, 0.717) is 5.69 Å². The third-order valence-corrected chi connectivity index (χ3v) is 2.70. The summed E-state index contributed by atoms with van der Waals surface area (Å²) in [6.45, 7) is 0. The first-order valence-corrected chi connectivity index (χ1v) is 5.55. The first-order valence-electron chi connectivity index (χ1n) is 5.55. The van der Waals surface area contributed by atoms with Gasteiger partial charge in [-0.2, -0.15) is 0 Å². The number of fused-ring (bicyclic) bond motifs is 1. The van der Waals surface area contributed by atoms with Gasteiger partial charge < -0.3 is 10.5 Å². The number of nitrogen functional groups attached to an aromatic ring is 1. The van der Waals surface area contributed by atoms with Crippen LogP contribution >= 0.6 is 0 Å². The van der Waals surface area contributed by atoms with E-state index in [1.807, 2.05) is 37.4 Å². The van der Waals surface area contributed by atoms with E-state index in [1.165, 1.54) is 0 Å². The van der Waals surface area contributed by atoms with Crippen LogP contribution in [0, 0.1) is 0 Å². The quantitative estimate of drug-likeness (QED) is 0.698. The summed E-state index contributed by atoms with van der Waals surface area (Å²) in [5.74, 6) is 1.47. The van der Waals surface area contributed by atoms with Gasteiger partial charge in [0, 0.05) is 18.8 Å². The minimum atomic E-state index is 0.715. The zero-order valence-corrected chi connectivity index (χ0v) is 9.87. The van der Waals surface area contributed by atoms with Crippen LogP contribution in [0.1, 0.15) is 0 Å². The Labute approximate surface area is 104 Å². The van der Waals surface area contributed by atoms with Crippen LogP contribution in [0.4, 0.5) is 5.69 Å². The second-order valence-corrected chi connectivity index (χ2v) is 4.03. The van der Waals surface area contributed by atoms with Crippen LogP contribution in [0.3, 0.4) is 0 Å². The summed E-state index contributed by atoms with van der Waals surface area (Å²) in [6.07, 6.45) is 0. The number of nitrogens with two attached hydrogens (primary N) is 1. The molecule has 0 atom stereocenters. The summed E-state index contributed by atoms with van der Waals surface area (Å²) >= 11 is 0. The van der Waals surface area contributed by atoms with Gasteiger partial charge >= 0.3 is 0 Å². The summed E-state index contributed by atoms with van der Waals surface area (Å²) in [6, 6.07) is 12.9. The molecule has 0 fully saturated rings. The second-order valence-electron chi connectivity index (χ2n) is 4.03. The number of anilines is 1. The number of benzene rings is 2. The highest BCUT2D eigenvalue weighted by molar-refractivity contribution is 5.76. The highest BCUT2D eigenvalue weighted by Gasteiger charge is 2.04. The van der Waals surface area contributed by atoms with E-state index in [0.717, 1.165) is 22.5 Å². The molecule has 0 aliphatic carbocycles. The summed E-state index contributed by atoms with van der Waals surface area (Å²) in [4.78, 5) is 0. The third-order valence-electron chi connectivity index (χ3n) is 2.70. The lowest BCUT2D eigenvalue weighted by molar-refractivity contribution is 0.483. The van der Waals surface area contributed by atoms with Crippen molar-refractivity contribution in [2.45, 2.75) is 0 Å². The van der Waals surface area contributed by atoms with Gasteiger partial charge in [-0.25, -0.2) is 4.68 Å². The predicted molar refractivity (Wildman–Crippen MR) is 69.4 cm³/mol. The molecule has 0 bridgehead atoms. The average molecular weight is 240 g/mol. The molecule has 2 N–H and O–H groups in total. The fourth-order valence-corrected chi connectivity index (χ4v) is 1.76. The first-order chi connectivity index (χ1) is 8.72. The highest BCUT2D eigenvalue weighted by Crippen LogP contribution is 2.24. The van der Waals surface area contributed by atoms with Crippen LogP contribution < -0.4 is 10.5 Å². The fraction of sp³-hybridized carbons (Fsp3) is 0.0769. The van der Waals surface area contributed by atoms with Gasteiger partial charge in [0.2, 0.25) is 0 Å². The molecule has 5 nitrogen and oxygen atoms in total. The van der Waals surface area contributed by atoms with Crippen molar-refractivity contribution in [3.05, 3.63) is 42.5 Å².